The minimum Gasteiger partial charge on any atom is -0.468 e. The van der Waals surface area contributed by atoms with Gasteiger partial charge >= 0.3 is 11.7 Å². The molecule has 2 aromatic carbocycles. The molecule has 0 radical (unpaired) electrons. The van der Waals surface area contributed by atoms with Gasteiger partial charge in [-0.3, -0.25) is 9.69 Å². The van der Waals surface area contributed by atoms with Crippen LogP contribution in [-0.4, -0.2) is 69.1 Å². The molecular weight excluding hydrogens is 466 g/mol. The molecule has 0 bridgehead atoms. The maximum Gasteiger partial charge on any atom is 0.341 e. The average molecular weight is 487 g/mol. The first-order valence-corrected chi connectivity index (χ1v) is 11.6. The Morgan fingerprint density at radius 1 is 1.00 bits per heavy atom. The summed E-state index contributed by atoms with van der Waals surface area (Å²) in [5.41, 5.74) is 0.791. The first-order valence-electron chi connectivity index (χ1n) is 9.64. The summed E-state index contributed by atoms with van der Waals surface area (Å²) in [6, 6.07) is 10.7. The van der Waals surface area contributed by atoms with Crippen LogP contribution in [0, 0.1) is 0 Å². The molecule has 0 aromatic heterocycles. The number of benzene rings is 2. The highest BCUT2D eigenvalue weighted by Crippen LogP contribution is 2.29. The fraction of sp³-hybridized carbons (Fsp3) is 0.333. The SMILES string of the molecule is COC(=O)C(c1ccccc1Cl)N1CCN(C(=O)c2ccc(S(=O)(=O)C(F)F)cc2)CC1. The van der Waals surface area contributed by atoms with Gasteiger partial charge in [0.05, 0.1) is 12.0 Å². The Morgan fingerprint density at radius 3 is 2.12 bits per heavy atom. The average Bonchev–Trinajstić information content (AvgIpc) is 2.80. The lowest BCUT2D eigenvalue weighted by molar-refractivity contribution is -0.148. The van der Waals surface area contributed by atoms with E-state index in [-0.39, 0.29) is 11.5 Å². The number of piperazine rings is 1. The summed E-state index contributed by atoms with van der Waals surface area (Å²) in [6.45, 7) is 1.34. The summed E-state index contributed by atoms with van der Waals surface area (Å²) in [4.78, 5) is 28.1. The Morgan fingerprint density at radius 2 is 1.59 bits per heavy atom. The number of ether oxygens (including phenoxy) is 1. The van der Waals surface area contributed by atoms with Crippen molar-refractivity contribution < 1.29 is 31.5 Å². The largest absolute Gasteiger partial charge is 0.468 e. The molecule has 1 atom stereocenters. The van der Waals surface area contributed by atoms with E-state index in [0.29, 0.717) is 36.8 Å². The van der Waals surface area contributed by atoms with Crippen molar-refractivity contribution in [2.45, 2.75) is 16.7 Å². The quantitative estimate of drug-likeness (QED) is 0.584. The van der Waals surface area contributed by atoms with E-state index in [1.54, 1.807) is 29.2 Å². The van der Waals surface area contributed by atoms with Crippen molar-refractivity contribution in [1.82, 2.24) is 9.80 Å². The van der Waals surface area contributed by atoms with Crippen molar-refractivity contribution in [2.75, 3.05) is 33.3 Å². The Balaban J connectivity index is 1.71. The zero-order valence-corrected chi connectivity index (χ0v) is 18.7. The van der Waals surface area contributed by atoms with Gasteiger partial charge in [-0.2, -0.15) is 8.78 Å². The first kappa shape index (κ1) is 24.1. The second-order valence-electron chi connectivity index (χ2n) is 7.11. The molecule has 1 aliphatic heterocycles. The number of esters is 1. The number of alkyl halides is 2. The van der Waals surface area contributed by atoms with Crippen LogP contribution >= 0.6 is 11.6 Å². The second-order valence-corrected chi connectivity index (χ2v) is 9.43. The van der Waals surface area contributed by atoms with E-state index in [0.717, 1.165) is 12.1 Å². The fourth-order valence-corrected chi connectivity index (χ4v) is 4.50. The number of sulfone groups is 1. The van der Waals surface area contributed by atoms with E-state index in [9.17, 15) is 26.8 Å². The minimum absolute atomic E-state index is 0.183. The van der Waals surface area contributed by atoms with Crippen molar-refractivity contribution in [2.24, 2.45) is 0 Å². The summed E-state index contributed by atoms with van der Waals surface area (Å²) < 4.78 is 53.4. The number of carbonyl (C=O) groups excluding carboxylic acids is 2. The predicted molar refractivity (Wildman–Crippen MR) is 113 cm³/mol. The van der Waals surface area contributed by atoms with Crippen LogP contribution in [0.3, 0.4) is 0 Å². The molecule has 1 amide bonds. The summed E-state index contributed by atoms with van der Waals surface area (Å²) in [5, 5.41) is 0.431. The number of hydrogen-bond acceptors (Lipinski definition) is 6. The number of methoxy groups -OCH3 is 1. The highest BCUT2D eigenvalue weighted by atomic mass is 35.5. The van der Waals surface area contributed by atoms with E-state index in [1.165, 1.54) is 19.2 Å². The molecule has 1 aliphatic rings. The number of rotatable bonds is 6. The Hall–Kier alpha value is -2.56. The highest BCUT2D eigenvalue weighted by Gasteiger charge is 2.34. The van der Waals surface area contributed by atoms with Crippen molar-refractivity contribution in [3.8, 4) is 0 Å². The molecule has 0 aliphatic carbocycles. The van der Waals surface area contributed by atoms with Crippen LogP contribution in [-0.2, 0) is 19.4 Å². The third-order valence-electron chi connectivity index (χ3n) is 5.26. The van der Waals surface area contributed by atoms with Crippen molar-refractivity contribution in [3.05, 3.63) is 64.7 Å². The van der Waals surface area contributed by atoms with Gasteiger partial charge in [0.25, 0.3) is 5.91 Å². The van der Waals surface area contributed by atoms with Crippen LogP contribution in [0.2, 0.25) is 5.02 Å². The molecule has 2 aromatic rings. The van der Waals surface area contributed by atoms with Crippen molar-refractivity contribution in [3.63, 3.8) is 0 Å². The smallest absolute Gasteiger partial charge is 0.341 e. The number of hydrogen-bond donors (Lipinski definition) is 0. The standard InChI is InChI=1S/C21H21ClF2N2O5S/c1-31-20(28)18(16-4-2-3-5-17(16)22)25-10-12-26(13-11-25)19(27)14-6-8-15(9-7-14)32(29,30)21(23)24/h2-9,18,21H,10-13H2,1H3. The number of nitrogens with zero attached hydrogens (tertiary/aromatic N) is 2. The molecular formula is C21H21ClF2N2O5S. The number of carbonyl (C=O) groups is 2. The topological polar surface area (TPSA) is 84.0 Å². The van der Waals surface area contributed by atoms with E-state index in [4.69, 9.17) is 16.3 Å². The van der Waals surface area contributed by atoms with Gasteiger partial charge in [0, 0.05) is 36.8 Å². The van der Waals surface area contributed by atoms with E-state index in [2.05, 4.69) is 0 Å². The molecule has 1 fully saturated rings. The maximum atomic E-state index is 12.8. The molecule has 7 nitrogen and oxygen atoms in total. The van der Waals surface area contributed by atoms with E-state index >= 15 is 0 Å². The third kappa shape index (κ3) is 4.92. The maximum absolute atomic E-state index is 12.8. The number of halogens is 3. The zero-order chi connectivity index (χ0) is 23.5. The molecule has 1 saturated heterocycles. The summed E-state index contributed by atoms with van der Waals surface area (Å²) >= 11 is 6.27. The fourth-order valence-electron chi connectivity index (χ4n) is 3.54. The van der Waals surface area contributed by atoms with Crippen LogP contribution in [0.15, 0.2) is 53.4 Å². The third-order valence-corrected chi connectivity index (χ3v) is 7.00. The number of amides is 1. The highest BCUT2D eigenvalue weighted by molar-refractivity contribution is 7.91. The Kier molecular flexibility index (Phi) is 7.47. The molecule has 32 heavy (non-hydrogen) atoms. The molecule has 0 spiro atoms. The first-order chi connectivity index (χ1) is 15.2. The van der Waals surface area contributed by atoms with Gasteiger partial charge in [0.15, 0.2) is 0 Å². The summed E-state index contributed by atoms with van der Waals surface area (Å²) in [5.74, 6) is -4.36. The molecule has 3 rings (SSSR count). The minimum atomic E-state index is -4.72. The summed E-state index contributed by atoms with van der Waals surface area (Å²) in [7, 11) is -3.43. The van der Waals surface area contributed by atoms with Crippen LogP contribution in [0.4, 0.5) is 8.78 Å². The Bertz CT molecular complexity index is 1090. The van der Waals surface area contributed by atoms with Gasteiger partial charge in [0.1, 0.15) is 6.04 Å². The van der Waals surface area contributed by atoms with Crippen molar-refractivity contribution >= 4 is 33.3 Å². The van der Waals surface area contributed by atoms with Crippen LogP contribution in [0.25, 0.3) is 0 Å². The molecule has 1 unspecified atom stereocenters. The van der Waals surface area contributed by atoms with Crippen LogP contribution in [0.1, 0.15) is 22.0 Å². The zero-order valence-electron chi connectivity index (χ0n) is 17.1. The van der Waals surface area contributed by atoms with Crippen LogP contribution < -0.4 is 0 Å². The summed E-state index contributed by atoms with van der Waals surface area (Å²) in [6.07, 6.45) is 0. The van der Waals surface area contributed by atoms with Gasteiger partial charge < -0.3 is 9.64 Å². The van der Waals surface area contributed by atoms with E-state index < -0.39 is 32.5 Å². The molecule has 11 heteroatoms. The second kappa shape index (κ2) is 9.93. The lowest BCUT2D eigenvalue weighted by Gasteiger charge is -2.38. The van der Waals surface area contributed by atoms with Crippen LogP contribution in [0.5, 0.6) is 0 Å². The molecule has 0 saturated carbocycles. The van der Waals surface area contributed by atoms with E-state index in [1.807, 2.05) is 4.90 Å². The van der Waals surface area contributed by atoms with Gasteiger partial charge in [-0.05, 0) is 35.9 Å². The van der Waals surface area contributed by atoms with Gasteiger partial charge in [-0.15, -0.1) is 0 Å². The van der Waals surface area contributed by atoms with Gasteiger partial charge in [-0.25, -0.2) is 13.2 Å². The predicted octanol–water partition coefficient (Wildman–Crippen LogP) is 3.01. The lowest BCUT2D eigenvalue weighted by atomic mass is 10.0. The lowest BCUT2D eigenvalue weighted by Crippen LogP contribution is -2.51. The normalized spacial score (nSPS) is 16.1. The molecule has 1 heterocycles. The van der Waals surface area contributed by atoms with Gasteiger partial charge in [0.2, 0.25) is 9.84 Å². The molecule has 172 valence electrons. The molecule has 0 N–H and O–H groups in total. The van der Waals surface area contributed by atoms with Crippen molar-refractivity contribution in [1.29, 1.82) is 0 Å². The Labute approximate surface area is 189 Å². The monoisotopic (exact) mass is 486 g/mol. The van der Waals surface area contributed by atoms with Gasteiger partial charge in [-0.1, -0.05) is 29.8 Å².